The summed E-state index contributed by atoms with van der Waals surface area (Å²) in [5.74, 6) is 0.847. The predicted molar refractivity (Wildman–Crippen MR) is 65.3 cm³/mol. The fraction of sp³-hybridized carbons (Fsp3) is 0.167. The van der Waals surface area contributed by atoms with E-state index < -0.39 is 0 Å². The van der Waals surface area contributed by atoms with Crippen molar-refractivity contribution in [3.8, 4) is 17.0 Å². The van der Waals surface area contributed by atoms with Gasteiger partial charge in [0.2, 0.25) is 5.88 Å². The van der Waals surface area contributed by atoms with Crippen LogP contribution in [0.25, 0.3) is 11.3 Å². The third-order valence-electron chi connectivity index (χ3n) is 2.87. The average Bonchev–Trinajstić information content (AvgIpc) is 2.80. The van der Waals surface area contributed by atoms with Crippen LogP contribution in [0.5, 0.6) is 5.75 Å². The summed E-state index contributed by atoms with van der Waals surface area (Å²) in [6.45, 7) is 0.0692. The Hall–Kier alpha value is -2.50. The Kier molecular flexibility index (Phi) is 2.22. The molecule has 1 aromatic heterocycles. The molecule has 6 nitrogen and oxygen atoms in total. The number of hydrogen-bond donors (Lipinski definition) is 1. The highest BCUT2D eigenvalue weighted by Gasteiger charge is 2.22. The fourth-order valence-corrected chi connectivity index (χ4v) is 1.86. The molecule has 18 heavy (non-hydrogen) atoms. The number of fused-ring (bicyclic) bond motifs is 1. The van der Waals surface area contributed by atoms with Crippen LogP contribution in [-0.4, -0.2) is 24.7 Å². The summed E-state index contributed by atoms with van der Waals surface area (Å²) < 4.78 is 10.2. The number of benzene rings is 1. The number of likely N-dealkylation sites (N-methyl/N-ethyl adjacent to an activating group) is 1. The SMILES string of the molecule is CN1C(=O)COc2ccc(-c3cc(N)on3)cc21. The maximum Gasteiger partial charge on any atom is 0.264 e. The number of amides is 1. The van der Waals surface area contributed by atoms with Crippen molar-refractivity contribution in [3.63, 3.8) is 0 Å². The Morgan fingerprint density at radius 3 is 2.94 bits per heavy atom. The number of nitrogens with zero attached hydrogens (tertiary/aromatic N) is 2. The standard InChI is InChI=1S/C12H11N3O3/c1-15-9-4-7(8-5-11(13)18-14-8)2-3-10(9)17-6-12(15)16/h2-5H,6,13H2,1H3. The van der Waals surface area contributed by atoms with Gasteiger partial charge in [0.25, 0.3) is 5.91 Å². The zero-order valence-corrected chi connectivity index (χ0v) is 9.71. The first-order valence-electron chi connectivity index (χ1n) is 5.41. The van der Waals surface area contributed by atoms with Crippen LogP contribution in [0.1, 0.15) is 0 Å². The molecular formula is C12H11N3O3. The first kappa shape index (κ1) is 10.6. The van der Waals surface area contributed by atoms with Crippen molar-refractivity contribution in [2.24, 2.45) is 0 Å². The molecular weight excluding hydrogens is 234 g/mol. The molecule has 0 unspecified atom stereocenters. The summed E-state index contributed by atoms with van der Waals surface area (Å²) in [6, 6.07) is 7.11. The molecule has 0 bridgehead atoms. The lowest BCUT2D eigenvalue weighted by molar-refractivity contribution is -0.120. The van der Waals surface area contributed by atoms with Crippen molar-refractivity contribution in [3.05, 3.63) is 24.3 Å². The van der Waals surface area contributed by atoms with Gasteiger partial charge < -0.3 is 19.9 Å². The quantitative estimate of drug-likeness (QED) is 0.818. The van der Waals surface area contributed by atoms with E-state index in [0.717, 1.165) is 5.56 Å². The molecule has 1 aliphatic rings. The van der Waals surface area contributed by atoms with Crippen LogP contribution in [0.4, 0.5) is 11.6 Å². The summed E-state index contributed by atoms with van der Waals surface area (Å²) in [5.41, 5.74) is 7.64. The molecule has 2 aromatic rings. The number of rotatable bonds is 1. The van der Waals surface area contributed by atoms with Crippen molar-refractivity contribution in [2.75, 3.05) is 24.3 Å². The van der Waals surface area contributed by atoms with Gasteiger partial charge in [-0.2, -0.15) is 0 Å². The number of nitrogen functional groups attached to an aromatic ring is 1. The Morgan fingerprint density at radius 2 is 2.22 bits per heavy atom. The van der Waals surface area contributed by atoms with Crippen molar-refractivity contribution in [1.29, 1.82) is 0 Å². The molecule has 0 radical (unpaired) electrons. The maximum absolute atomic E-state index is 11.6. The number of nitrogens with two attached hydrogens (primary N) is 1. The normalized spacial score (nSPS) is 14.3. The molecule has 0 atom stereocenters. The summed E-state index contributed by atoms with van der Waals surface area (Å²) in [7, 11) is 1.71. The number of anilines is 2. The van der Waals surface area contributed by atoms with Crippen LogP contribution in [0.2, 0.25) is 0 Å². The smallest absolute Gasteiger partial charge is 0.264 e. The average molecular weight is 245 g/mol. The van der Waals surface area contributed by atoms with Gasteiger partial charge in [-0.3, -0.25) is 4.79 Å². The minimum Gasteiger partial charge on any atom is -0.482 e. The minimum absolute atomic E-state index is 0.0692. The summed E-state index contributed by atoms with van der Waals surface area (Å²) >= 11 is 0. The topological polar surface area (TPSA) is 81.6 Å². The van der Waals surface area contributed by atoms with Gasteiger partial charge in [-0.1, -0.05) is 5.16 Å². The van der Waals surface area contributed by atoms with Gasteiger partial charge in [-0.05, 0) is 18.2 Å². The first-order valence-corrected chi connectivity index (χ1v) is 5.41. The van der Waals surface area contributed by atoms with Crippen LogP contribution in [0.15, 0.2) is 28.8 Å². The van der Waals surface area contributed by atoms with Crippen LogP contribution in [0.3, 0.4) is 0 Å². The van der Waals surface area contributed by atoms with Gasteiger partial charge in [0.15, 0.2) is 6.61 Å². The predicted octanol–water partition coefficient (Wildman–Crippen LogP) is 1.28. The van der Waals surface area contributed by atoms with Crippen molar-refractivity contribution in [2.45, 2.75) is 0 Å². The van der Waals surface area contributed by atoms with E-state index in [1.54, 1.807) is 24.1 Å². The van der Waals surface area contributed by atoms with E-state index in [0.29, 0.717) is 17.1 Å². The number of carbonyl (C=O) groups excluding carboxylic acids is 1. The van der Waals surface area contributed by atoms with Crippen LogP contribution >= 0.6 is 0 Å². The zero-order chi connectivity index (χ0) is 12.7. The van der Waals surface area contributed by atoms with E-state index in [4.69, 9.17) is 15.0 Å². The Labute approximate surface area is 103 Å². The lowest BCUT2D eigenvalue weighted by atomic mass is 10.1. The molecule has 3 rings (SSSR count). The van der Waals surface area contributed by atoms with Crippen molar-refractivity contribution < 1.29 is 14.1 Å². The second kappa shape index (κ2) is 3.76. The number of hydrogen-bond acceptors (Lipinski definition) is 5. The van der Waals surface area contributed by atoms with Crippen molar-refractivity contribution in [1.82, 2.24) is 5.16 Å². The second-order valence-corrected chi connectivity index (χ2v) is 4.04. The van der Waals surface area contributed by atoms with E-state index in [9.17, 15) is 4.79 Å². The van der Waals surface area contributed by atoms with E-state index in [-0.39, 0.29) is 18.4 Å². The molecule has 0 spiro atoms. The first-order chi connectivity index (χ1) is 8.65. The highest BCUT2D eigenvalue weighted by Crippen LogP contribution is 2.35. The van der Waals surface area contributed by atoms with Gasteiger partial charge in [-0.15, -0.1) is 0 Å². The summed E-state index contributed by atoms with van der Waals surface area (Å²) in [6.07, 6.45) is 0. The molecule has 6 heteroatoms. The molecule has 0 saturated carbocycles. The molecule has 1 aliphatic heterocycles. The molecule has 0 saturated heterocycles. The Bertz CT molecular complexity index is 621. The van der Waals surface area contributed by atoms with E-state index in [1.807, 2.05) is 12.1 Å². The molecule has 2 heterocycles. The highest BCUT2D eigenvalue weighted by molar-refractivity contribution is 5.98. The third kappa shape index (κ3) is 1.58. The third-order valence-corrected chi connectivity index (χ3v) is 2.87. The van der Waals surface area contributed by atoms with E-state index in [2.05, 4.69) is 5.16 Å². The summed E-state index contributed by atoms with van der Waals surface area (Å²) in [4.78, 5) is 13.1. The van der Waals surface area contributed by atoms with E-state index >= 15 is 0 Å². The molecule has 1 amide bonds. The lowest BCUT2D eigenvalue weighted by Crippen LogP contribution is -2.35. The zero-order valence-electron chi connectivity index (χ0n) is 9.71. The largest absolute Gasteiger partial charge is 0.482 e. The fourth-order valence-electron chi connectivity index (χ4n) is 1.86. The number of carbonyl (C=O) groups is 1. The highest BCUT2D eigenvalue weighted by atomic mass is 16.5. The minimum atomic E-state index is -0.0840. The second-order valence-electron chi connectivity index (χ2n) is 4.04. The number of ether oxygens (including phenoxy) is 1. The summed E-state index contributed by atoms with van der Waals surface area (Å²) in [5, 5.41) is 3.83. The molecule has 92 valence electrons. The van der Waals surface area contributed by atoms with Crippen molar-refractivity contribution >= 4 is 17.5 Å². The van der Waals surface area contributed by atoms with Crippen LogP contribution < -0.4 is 15.4 Å². The van der Waals surface area contributed by atoms with Crippen LogP contribution in [-0.2, 0) is 4.79 Å². The monoisotopic (exact) mass is 245 g/mol. The Morgan fingerprint density at radius 1 is 1.39 bits per heavy atom. The molecule has 0 aliphatic carbocycles. The lowest BCUT2D eigenvalue weighted by Gasteiger charge is -2.26. The maximum atomic E-state index is 11.6. The Balaban J connectivity index is 2.07. The van der Waals surface area contributed by atoms with Crippen LogP contribution in [0, 0.1) is 0 Å². The van der Waals surface area contributed by atoms with Gasteiger partial charge in [-0.25, -0.2) is 0 Å². The van der Waals surface area contributed by atoms with Gasteiger partial charge in [0, 0.05) is 18.7 Å². The molecule has 0 fully saturated rings. The van der Waals surface area contributed by atoms with E-state index in [1.165, 1.54) is 0 Å². The van der Waals surface area contributed by atoms with Gasteiger partial charge >= 0.3 is 0 Å². The van der Waals surface area contributed by atoms with Gasteiger partial charge in [0.1, 0.15) is 11.4 Å². The van der Waals surface area contributed by atoms with Gasteiger partial charge in [0.05, 0.1) is 5.69 Å². The number of aromatic nitrogens is 1. The molecule has 2 N–H and O–H groups in total. The molecule has 1 aromatic carbocycles.